The summed E-state index contributed by atoms with van der Waals surface area (Å²) < 4.78 is 4.85. The molecule has 0 bridgehead atoms. The van der Waals surface area contributed by atoms with E-state index < -0.39 is 5.63 Å². The van der Waals surface area contributed by atoms with Gasteiger partial charge in [-0.15, -0.1) is 6.58 Å². The predicted molar refractivity (Wildman–Crippen MR) is 50.0 cm³/mol. The molecular formula is C10H12O3. The molecule has 0 saturated heterocycles. The minimum Gasteiger partial charge on any atom is -0.507 e. The second-order valence-corrected chi connectivity index (χ2v) is 2.97. The predicted octanol–water partition coefficient (Wildman–Crippen LogP) is 1.94. The Hall–Kier alpha value is -1.51. The zero-order valence-electron chi connectivity index (χ0n) is 7.70. The zero-order valence-corrected chi connectivity index (χ0v) is 7.70. The number of hydrogen-bond acceptors (Lipinski definition) is 3. The van der Waals surface area contributed by atoms with Crippen molar-refractivity contribution in [1.82, 2.24) is 0 Å². The van der Waals surface area contributed by atoms with Crippen LogP contribution < -0.4 is 5.63 Å². The molecule has 1 unspecified atom stereocenters. The Morgan fingerprint density at radius 1 is 1.69 bits per heavy atom. The Bertz CT molecular complexity index is 376. The van der Waals surface area contributed by atoms with Gasteiger partial charge in [0, 0.05) is 12.0 Å². The van der Waals surface area contributed by atoms with E-state index in [0.717, 1.165) is 0 Å². The number of rotatable bonds is 2. The van der Waals surface area contributed by atoms with Gasteiger partial charge in [0.1, 0.15) is 11.5 Å². The lowest BCUT2D eigenvalue weighted by molar-refractivity contribution is 0.420. The third kappa shape index (κ3) is 1.80. The highest BCUT2D eigenvalue weighted by atomic mass is 16.4. The fourth-order valence-corrected chi connectivity index (χ4v) is 1.14. The first-order valence-corrected chi connectivity index (χ1v) is 4.02. The van der Waals surface area contributed by atoms with E-state index in [1.54, 1.807) is 19.9 Å². The van der Waals surface area contributed by atoms with Crippen LogP contribution in [0.2, 0.25) is 0 Å². The highest BCUT2D eigenvalue weighted by Gasteiger charge is 2.13. The Labute approximate surface area is 76.3 Å². The number of hydrogen-bond donors (Lipinski definition) is 1. The van der Waals surface area contributed by atoms with E-state index in [1.807, 2.05) is 0 Å². The molecule has 0 amide bonds. The van der Waals surface area contributed by atoms with Gasteiger partial charge in [-0.25, -0.2) is 4.79 Å². The summed E-state index contributed by atoms with van der Waals surface area (Å²) in [5.41, 5.74) is -0.231. The molecule has 70 valence electrons. The molecule has 13 heavy (non-hydrogen) atoms. The second-order valence-electron chi connectivity index (χ2n) is 2.97. The van der Waals surface area contributed by atoms with E-state index in [1.165, 1.54) is 6.07 Å². The summed E-state index contributed by atoms with van der Waals surface area (Å²) >= 11 is 0. The van der Waals surface area contributed by atoms with Crippen molar-refractivity contribution in [1.29, 1.82) is 0 Å². The Morgan fingerprint density at radius 3 is 2.77 bits per heavy atom. The van der Waals surface area contributed by atoms with Crippen LogP contribution in [0.25, 0.3) is 0 Å². The summed E-state index contributed by atoms with van der Waals surface area (Å²) in [6, 6.07) is 1.43. The first kappa shape index (κ1) is 9.58. The molecule has 0 aliphatic heterocycles. The summed E-state index contributed by atoms with van der Waals surface area (Å²) in [7, 11) is 0. The molecule has 1 atom stereocenters. The van der Waals surface area contributed by atoms with Gasteiger partial charge in [0.15, 0.2) is 0 Å². The summed E-state index contributed by atoms with van der Waals surface area (Å²) in [6.07, 6.45) is 1.58. The van der Waals surface area contributed by atoms with Gasteiger partial charge in [0.2, 0.25) is 0 Å². The Morgan fingerprint density at radius 2 is 2.31 bits per heavy atom. The summed E-state index contributed by atoms with van der Waals surface area (Å²) in [6.45, 7) is 6.94. The molecule has 1 heterocycles. The van der Waals surface area contributed by atoms with Crippen LogP contribution in [0.15, 0.2) is 27.9 Å². The molecule has 0 aliphatic rings. The highest BCUT2D eigenvalue weighted by Crippen LogP contribution is 2.23. The van der Waals surface area contributed by atoms with Crippen LogP contribution in [0.1, 0.15) is 24.2 Å². The van der Waals surface area contributed by atoms with Crippen LogP contribution in [-0.4, -0.2) is 5.11 Å². The van der Waals surface area contributed by atoms with Gasteiger partial charge < -0.3 is 9.52 Å². The lowest BCUT2D eigenvalue weighted by Crippen LogP contribution is -2.09. The SMILES string of the molecule is C=CC(C)c1c(O)cc(C)oc1=O. The summed E-state index contributed by atoms with van der Waals surface area (Å²) in [5.74, 6) is 0.181. The smallest absolute Gasteiger partial charge is 0.343 e. The molecular weight excluding hydrogens is 168 g/mol. The minimum atomic E-state index is -0.495. The third-order valence-electron chi connectivity index (χ3n) is 1.90. The maximum absolute atomic E-state index is 11.3. The van der Waals surface area contributed by atoms with E-state index >= 15 is 0 Å². The van der Waals surface area contributed by atoms with Crippen LogP contribution in [-0.2, 0) is 0 Å². The van der Waals surface area contributed by atoms with Crippen LogP contribution in [0, 0.1) is 6.92 Å². The molecule has 0 fully saturated rings. The van der Waals surface area contributed by atoms with Crippen molar-refractivity contribution in [2.45, 2.75) is 19.8 Å². The topological polar surface area (TPSA) is 50.4 Å². The molecule has 0 aliphatic carbocycles. The van der Waals surface area contributed by atoms with E-state index in [2.05, 4.69) is 6.58 Å². The first-order chi connectivity index (χ1) is 6.06. The largest absolute Gasteiger partial charge is 0.507 e. The van der Waals surface area contributed by atoms with Gasteiger partial charge in [-0.3, -0.25) is 0 Å². The van der Waals surface area contributed by atoms with Gasteiger partial charge >= 0.3 is 5.63 Å². The van der Waals surface area contributed by atoms with E-state index in [-0.39, 0.29) is 17.2 Å². The fraction of sp³-hybridized carbons (Fsp3) is 0.300. The van der Waals surface area contributed by atoms with Crippen molar-refractivity contribution in [2.75, 3.05) is 0 Å². The summed E-state index contributed by atoms with van der Waals surface area (Å²) in [4.78, 5) is 11.3. The molecule has 3 nitrogen and oxygen atoms in total. The third-order valence-corrected chi connectivity index (χ3v) is 1.90. The number of allylic oxidation sites excluding steroid dienone is 1. The van der Waals surface area contributed by atoms with Crippen molar-refractivity contribution in [3.8, 4) is 5.75 Å². The molecule has 1 aromatic rings. The molecule has 1 aromatic heterocycles. The monoisotopic (exact) mass is 180 g/mol. The van der Waals surface area contributed by atoms with Gasteiger partial charge in [-0.05, 0) is 6.92 Å². The van der Waals surface area contributed by atoms with Crippen molar-refractivity contribution in [3.63, 3.8) is 0 Å². The zero-order chi connectivity index (χ0) is 10.0. The van der Waals surface area contributed by atoms with Gasteiger partial charge in [0.25, 0.3) is 0 Å². The van der Waals surface area contributed by atoms with E-state index in [0.29, 0.717) is 5.76 Å². The first-order valence-electron chi connectivity index (χ1n) is 4.02. The van der Waals surface area contributed by atoms with Gasteiger partial charge in [-0.1, -0.05) is 13.0 Å². The maximum Gasteiger partial charge on any atom is 0.343 e. The van der Waals surface area contributed by atoms with Crippen LogP contribution in [0.3, 0.4) is 0 Å². The van der Waals surface area contributed by atoms with Gasteiger partial charge in [0.05, 0.1) is 5.56 Å². The maximum atomic E-state index is 11.3. The van der Waals surface area contributed by atoms with Crippen molar-refractivity contribution < 1.29 is 9.52 Å². The van der Waals surface area contributed by atoms with Crippen LogP contribution in [0.5, 0.6) is 5.75 Å². The van der Waals surface area contributed by atoms with E-state index in [4.69, 9.17) is 4.42 Å². The lowest BCUT2D eigenvalue weighted by atomic mass is 10.0. The van der Waals surface area contributed by atoms with Crippen molar-refractivity contribution in [2.24, 2.45) is 0 Å². The van der Waals surface area contributed by atoms with Crippen molar-refractivity contribution >= 4 is 0 Å². The molecule has 0 aromatic carbocycles. The van der Waals surface area contributed by atoms with Crippen LogP contribution in [0.4, 0.5) is 0 Å². The number of aryl methyl sites for hydroxylation is 1. The molecule has 0 saturated carbocycles. The Kier molecular flexibility index (Phi) is 2.56. The lowest BCUT2D eigenvalue weighted by Gasteiger charge is -2.06. The quantitative estimate of drug-likeness (QED) is 0.707. The van der Waals surface area contributed by atoms with Crippen molar-refractivity contribution in [3.05, 3.63) is 40.5 Å². The molecule has 0 radical (unpaired) electrons. The second kappa shape index (κ2) is 3.47. The number of aromatic hydroxyl groups is 1. The Balaban J connectivity index is 3.37. The molecule has 1 N–H and O–H groups in total. The van der Waals surface area contributed by atoms with Gasteiger partial charge in [-0.2, -0.15) is 0 Å². The molecule has 1 rings (SSSR count). The average molecular weight is 180 g/mol. The normalized spacial score (nSPS) is 12.5. The highest BCUT2D eigenvalue weighted by molar-refractivity contribution is 5.34. The van der Waals surface area contributed by atoms with Crippen LogP contribution >= 0.6 is 0 Å². The standard InChI is InChI=1S/C10H12O3/c1-4-6(2)9-8(11)5-7(3)13-10(9)12/h4-6,11H,1H2,2-3H3. The fourth-order valence-electron chi connectivity index (χ4n) is 1.14. The molecule has 3 heteroatoms. The molecule has 0 spiro atoms. The minimum absolute atomic E-state index is 0.0267. The van der Waals surface area contributed by atoms with E-state index in [9.17, 15) is 9.90 Å². The summed E-state index contributed by atoms with van der Waals surface area (Å²) in [5, 5.41) is 9.47. The average Bonchev–Trinajstić information content (AvgIpc) is 2.02.